The minimum absolute atomic E-state index is 0.0663. The molecule has 6 nitrogen and oxygen atoms in total. The molecular weight excluding hydrogens is 583 g/mol. The number of rotatable bonds is 9. The largest absolute Gasteiger partial charge is 0.359 e. The molecule has 3 aromatic rings. The fourth-order valence-corrected chi connectivity index (χ4v) is 8.98. The number of benzene rings is 3. The van der Waals surface area contributed by atoms with E-state index in [0.29, 0.717) is 48.4 Å². The predicted molar refractivity (Wildman–Crippen MR) is 173 cm³/mol. The van der Waals surface area contributed by atoms with E-state index in [1.165, 1.54) is 36.5 Å². The number of hydrogen-bond acceptors (Lipinski definition) is 6. The van der Waals surface area contributed by atoms with Gasteiger partial charge in [-0.3, -0.25) is 9.89 Å². The van der Waals surface area contributed by atoms with Crippen LogP contribution in [0.3, 0.4) is 0 Å². The Morgan fingerprint density at radius 2 is 1.70 bits per heavy atom. The molecule has 0 amide bonds. The van der Waals surface area contributed by atoms with Crippen molar-refractivity contribution in [2.24, 2.45) is 9.98 Å². The molecule has 0 radical (unpaired) electrons. The van der Waals surface area contributed by atoms with Crippen molar-refractivity contribution < 1.29 is 17.9 Å². The molecule has 4 atom stereocenters. The Balaban J connectivity index is 1.17. The molecule has 0 spiro atoms. The van der Waals surface area contributed by atoms with E-state index in [2.05, 4.69) is 38.6 Å². The smallest absolute Gasteiger partial charge is 0.160 e. The molecule has 4 unspecified atom stereocenters. The molecule has 0 aliphatic carbocycles. The zero-order valence-electron chi connectivity index (χ0n) is 24.8. The van der Waals surface area contributed by atoms with Crippen LogP contribution in [0.1, 0.15) is 37.7 Å². The van der Waals surface area contributed by atoms with Crippen molar-refractivity contribution in [1.82, 2.24) is 15.1 Å². The molecule has 0 aromatic heterocycles. The molecule has 7 rings (SSSR count). The van der Waals surface area contributed by atoms with Gasteiger partial charge in [0.25, 0.3) is 0 Å². The second-order valence-corrected chi connectivity index (χ2v) is 13.4. The van der Waals surface area contributed by atoms with Crippen LogP contribution in [0.5, 0.6) is 0 Å². The summed E-state index contributed by atoms with van der Waals surface area (Å²) in [5.74, 6) is 0.334. The van der Waals surface area contributed by atoms with Gasteiger partial charge in [-0.25, -0.2) is 18.2 Å². The maximum absolute atomic E-state index is 16.4. The lowest BCUT2D eigenvalue weighted by Crippen LogP contribution is -2.53. The van der Waals surface area contributed by atoms with Gasteiger partial charge in [0.1, 0.15) is 29.9 Å². The van der Waals surface area contributed by atoms with Crippen molar-refractivity contribution in [3.05, 3.63) is 65.5 Å². The molecule has 44 heavy (non-hydrogen) atoms. The summed E-state index contributed by atoms with van der Waals surface area (Å²) in [6, 6.07) is 13.0. The summed E-state index contributed by atoms with van der Waals surface area (Å²) in [6.07, 6.45) is 5.57. The number of amidine groups is 1. The topological polar surface area (TPSA) is 52.5 Å². The molecule has 0 saturated carbocycles. The van der Waals surface area contributed by atoms with Gasteiger partial charge in [0.05, 0.1) is 12.2 Å². The van der Waals surface area contributed by atoms with Gasteiger partial charge in [-0.1, -0.05) is 30.3 Å². The Bertz CT molecular complexity index is 1560. The van der Waals surface area contributed by atoms with Crippen LogP contribution in [0, 0.1) is 17.5 Å². The first-order chi connectivity index (χ1) is 21.5. The Morgan fingerprint density at radius 3 is 2.45 bits per heavy atom. The van der Waals surface area contributed by atoms with E-state index in [1.54, 1.807) is 30.3 Å². The first-order valence-corrected chi connectivity index (χ1v) is 16.8. The summed E-state index contributed by atoms with van der Waals surface area (Å²) < 4.78 is 53.6. The van der Waals surface area contributed by atoms with Gasteiger partial charge < -0.3 is 15.0 Å². The standard InChI is InChI=1S/C34H38F3N5OS/c1-38-33-27(15-29(36)31(32(33)37)30-26-6-3-2-5-21(26)7-12-28(30)35)34(41-16-22-8-9-23(17-41)40-22)39-20-43-14-4-13-42-24-10-11-25(42)19-44-18-24/h2-3,5-7,12,15,22-25,40H,1,4,8-11,13-14,16-20H2. The second kappa shape index (κ2) is 12.8. The number of likely N-dealkylation sites (tertiary alicyclic amines) is 1. The summed E-state index contributed by atoms with van der Waals surface area (Å²) in [4.78, 5) is 13.5. The van der Waals surface area contributed by atoms with Gasteiger partial charge in [-0.2, -0.15) is 11.8 Å². The van der Waals surface area contributed by atoms with Crippen LogP contribution in [0.2, 0.25) is 0 Å². The van der Waals surface area contributed by atoms with Crippen LogP contribution >= 0.6 is 11.8 Å². The van der Waals surface area contributed by atoms with Crippen LogP contribution < -0.4 is 5.32 Å². The quantitative estimate of drug-likeness (QED) is 0.171. The van der Waals surface area contributed by atoms with Crippen molar-refractivity contribution in [2.75, 3.05) is 44.5 Å². The Kier molecular flexibility index (Phi) is 8.68. The van der Waals surface area contributed by atoms with Gasteiger partial charge >= 0.3 is 0 Å². The van der Waals surface area contributed by atoms with Crippen LogP contribution in [-0.2, 0) is 4.74 Å². The summed E-state index contributed by atoms with van der Waals surface area (Å²) in [6.45, 7) is 6.58. The second-order valence-electron chi connectivity index (χ2n) is 12.3. The summed E-state index contributed by atoms with van der Waals surface area (Å²) >= 11 is 2.07. The van der Waals surface area contributed by atoms with Gasteiger partial charge in [-0.05, 0) is 61.7 Å². The van der Waals surface area contributed by atoms with Gasteiger partial charge in [0.15, 0.2) is 5.82 Å². The third-order valence-electron chi connectivity index (χ3n) is 9.64. The van der Waals surface area contributed by atoms with Gasteiger partial charge in [-0.15, -0.1) is 0 Å². The number of hydrogen-bond donors (Lipinski definition) is 1. The van der Waals surface area contributed by atoms with E-state index in [4.69, 9.17) is 9.73 Å². The minimum atomic E-state index is -0.952. The summed E-state index contributed by atoms with van der Waals surface area (Å²) in [5.41, 5.74) is -0.521. The Hall–Kier alpha value is -2.92. The van der Waals surface area contributed by atoms with Crippen LogP contribution in [0.4, 0.5) is 18.9 Å². The number of ether oxygens (including phenoxy) is 1. The maximum Gasteiger partial charge on any atom is 0.160 e. The Labute approximate surface area is 260 Å². The van der Waals surface area contributed by atoms with E-state index in [1.807, 2.05) is 0 Å². The maximum atomic E-state index is 16.4. The van der Waals surface area contributed by atoms with Crippen molar-refractivity contribution in [1.29, 1.82) is 0 Å². The third-order valence-corrected chi connectivity index (χ3v) is 10.9. The molecule has 3 aromatic carbocycles. The molecule has 4 fully saturated rings. The van der Waals surface area contributed by atoms with Crippen molar-refractivity contribution >= 4 is 40.8 Å². The Morgan fingerprint density at radius 1 is 0.955 bits per heavy atom. The minimum Gasteiger partial charge on any atom is -0.359 e. The average molecular weight is 622 g/mol. The van der Waals surface area contributed by atoms with E-state index >= 15 is 13.2 Å². The fraction of sp³-hybridized carbons (Fsp3) is 0.471. The van der Waals surface area contributed by atoms with E-state index in [-0.39, 0.29) is 35.6 Å². The monoisotopic (exact) mass is 621 g/mol. The predicted octanol–water partition coefficient (Wildman–Crippen LogP) is 6.38. The van der Waals surface area contributed by atoms with Gasteiger partial charge in [0.2, 0.25) is 0 Å². The number of nitrogens with one attached hydrogen (secondary N) is 1. The zero-order chi connectivity index (χ0) is 30.2. The highest BCUT2D eigenvalue weighted by Crippen LogP contribution is 2.40. The molecule has 4 aliphatic rings. The molecule has 4 saturated heterocycles. The number of thioether (sulfide) groups is 1. The third kappa shape index (κ3) is 5.66. The molecular formula is C34H38F3N5OS. The highest BCUT2D eigenvalue weighted by atomic mass is 32.2. The van der Waals surface area contributed by atoms with Crippen LogP contribution in [-0.4, -0.2) is 91.0 Å². The van der Waals surface area contributed by atoms with Crippen molar-refractivity contribution in [3.8, 4) is 11.1 Å². The molecule has 232 valence electrons. The SMILES string of the molecule is C=Nc1c(C(=NCOCCCN2C3CCC2CSC3)N2CC3CCC(C2)N3)cc(F)c(-c2c(F)ccc3ccccc23)c1F. The molecule has 4 heterocycles. The van der Waals surface area contributed by atoms with Crippen LogP contribution in [0.25, 0.3) is 21.9 Å². The number of nitrogens with zero attached hydrogens (tertiary/aromatic N) is 4. The molecule has 4 bridgehead atoms. The molecule has 10 heteroatoms. The van der Waals surface area contributed by atoms with Crippen molar-refractivity contribution in [2.45, 2.75) is 56.3 Å². The average Bonchev–Trinajstić information content (AvgIpc) is 3.47. The lowest BCUT2D eigenvalue weighted by Gasteiger charge is -2.35. The number of aliphatic imine (C=N–C) groups is 2. The van der Waals surface area contributed by atoms with Crippen LogP contribution in [0.15, 0.2) is 52.4 Å². The number of halogens is 3. The first-order valence-electron chi connectivity index (χ1n) is 15.6. The fourth-order valence-electron chi connectivity index (χ4n) is 7.59. The first kappa shape index (κ1) is 29.8. The summed E-state index contributed by atoms with van der Waals surface area (Å²) in [5, 5.41) is 4.70. The number of fused-ring (bicyclic) bond motifs is 5. The van der Waals surface area contributed by atoms with E-state index in [0.717, 1.165) is 25.8 Å². The van der Waals surface area contributed by atoms with E-state index in [9.17, 15) is 0 Å². The highest BCUT2D eigenvalue weighted by molar-refractivity contribution is 7.99. The molecule has 1 N–H and O–H groups in total. The zero-order valence-corrected chi connectivity index (χ0v) is 25.6. The number of piperazine rings is 1. The van der Waals surface area contributed by atoms with E-state index < -0.39 is 23.0 Å². The normalized spacial score (nSPS) is 25.2. The van der Waals surface area contributed by atoms with Crippen molar-refractivity contribution in [3.63, 3.8) is 0 Å². The highest BCUT2D eigenvalue weighted by Gasteiger charge is 2.37. The summed E-state index contributed by atoms with van der Waals surface area (Å²) in [7, 11) is 0. The molecule has 4 aliphatic heterocycles. The van der Waals surface area contributed by atoms with Gasteiger partial charge in [0, 0.05) is 66.4 Å². The lowest BCUT2D eigenvalue weighted by atomic mass is 9.94. The lowest BCUT2D eigenvalue weighted by molar-refractivity contribution is 0.118.